The van der Waals surface area contributed by atoms with Crippen LogP contribution in [0, 0.1) is 0 Å². The van der Waals surface area contributed by atoms with Gasteiger partial charge in [-0.05, 0) is 50.2 Å². The van der Waals surface area contributed by atoms with Gasteiger partial charge in [0.1, 0.15) is 29.8 Å². The van der Waals surface area contributed by atoms with Crippen molar-refractivity contribution in [3.05, 3.63) is 90.6 Å². The number of carbonyl (C=O) groups excluding carboxylic acids is 2. The van der Waals surface area contributed by atoms with Crippen molar-refractivity contribution in [3.63, 3.8) is 0 Å². The quantitative estimate of drug-likeness (QED) is 0.354. The molecule has 0 aliphatic carbocycles. The molecule has 1 N–H and O–H groups in total. The minimum atomic E-state index is -0.484. The smallest absolute Gasteiger partial charge is 0.322 e. The molecule has 3 heterocycles. The zero-order chi connectivity index (χ0) is 26.8. The summed E-state index contributed by atoms with van der Waals surface area (Å²) in [6, 6.07) is 19.3. The minimum absolute atomic E-state index is 0.142. The minimum Gasteiger partial charge on any atom is -0.497 e. The molecule has 196 valence electrons. The second-order valence-corrected chi connectivity index (χ2v) is 9.23. The van der Waals surface area contributed by atoms with Crippen molar-refractivity contribution in [2.75, 3.05) is 31.0 Å². The molecule has 0 radical (unpaired) electrons. The number of furan rings is 1. The molecule has 1 atom stereocenters. The van der Waals surface area contributed by atoms with Crippen molar-refractivity contribution in [2.45, 2.75) is 25.9 Å². The summed E-state index contributed by atoms with van der Waals surface area (Å²) < 4.78 is 18.5. The lowest BCUT2D eigenvalue weighted by Crippen LogP contribution is -2.49. The summed E-state index contributed by atoms with van der Waals surface area (Å²) in [6.07, 6.45) is 3.57. The van der Waals surface area contributed by atoms with Crippen LogP contribution < -0.4 is 19.7 Å². The molecule has 2 aromatic carbocycles. The van der Waals surface area contributed by atoms with Gasteiger partial charge in [-0.25, -0.2) is 4.79 Å². The van der Waals surface area contributed by atoms with Gasteiger partial charge in [0.25, 0.3) is 0 Å². The van der Waals surface area contributed by atoms with Crippen LogP contribution >= 0.6 is 0 Å². The zero-order valence-corrected chi connectivity index (χ0v) is 21.8. The third-order valence-electron chi connectivity index (χ3n) is 6.59. The van der Waals surface area contributed by atoms with Gasteiger partial charge in [0.05, 0.1) is 37.6 Å². The first-order valence-electron chi connectivity index (χ1n) is 12.3. The molecule has 0 spiro atoms. The number of fused-ring (bicyclic) bond motifs is 3. The first-order chi connectivity index (χ1) is 18.4. The van der Waals surface area contributed by atoms with Gasteiger partial charge in [-0.1, -0.05) is 12.1 Å². The van der Waals surface area contributed by atoms with Crippen LogP contribution in [0.25, 0.3) is 5.69 Å². The van der Waals surface area contributed by atoms with Gasteiger partial charge in [0, 0.05) is 36.1 Å². The maximum absolute atomic E-state index is 14.1. The summed E-state index contributed by atoms with van der Waals surface area (Å²) in [5, 5.41) is 2.88. The Bertz CT molecular complexity index is 1420. The van der Waals surface area contributed by atoms with E-state index in [0.29, 0.717) is 22.9 Å². The van der Waals surface area contributed by atoms with E-state index in [-0.39, 0.29) is 18.5 Å². The number of hydrogen-bond acceptors (Lipinski definition) is 5. The van der Waals surface area contributed by atoms with Gasteiger partial charge in [-0.3, -0.25) is 9.69 Å². The standard InChI is InChI=1S/C29H30N4O5/c1-19(2)32(29(35)30-20-15-21(36-3)17-22(16-20)37-4)18-27(34)33-24-10-6-5-9-23(24)31-13-7-11-25(31)28(33)26-12-8-14-38-26/h5-17,19,28H,18H2,1-4H3,(H,30,35). The lowest BCUT2D eigenvalue weighted by Gasteiger charge is -2.38. The molecule has 1 aliphatic rings. The number of methoxy groups -OCH3 is 2. The van der Waals surface area contributed by atoms with Gasteiger partial charge < -0.3 is 28.7 Å². The first-order valence-corrected chi connectivity index (χ1v) is 12.3. The summed E-state index contributed by atoms with van der Waals surface area (Å²) >= 11 is 0. The van der Waals surface area contributed by atoms with E-state index in [9.17, 15) is 9.59 Å². The number of nitrogens with one attached hydrogen (secondary N) is 1. The molecule has 0 saturated carbocycles. The second kappa shape index (κ2) is 10.4. The normalized spacial score (nSPS) is 14.0. The number of urea groups is 1. The molecular weight excluding hydrogens is 484 g/mol. The molecule has 38 heavy (non-hydrogen) atoms. The molecular formula is C29H30N4O5. The highest BCUT2D eigenvalue weighted by atomic mass is 16.5. The Balaban J connectivity index is 1.47. The largest absolute Gasteiger partial charge is 0.497 e. The lowest BCUT2D eigenvalue weighted by molar-refractivity contribution is -0.120. The maximum atomic E-state index is 14.1. The maximum Gasteiger partial charge on any atom is 0.322 e. The number of aromatic nitrogens is 1. The van der Waals surface area contributed by atoms with E-state index in [1.54, 1.807) is 43.6 Å². The molecule has 1 unspecified atom stereocenters. The molecule has 2 aromatic heterocycles. The van der Waals surface area contributed by atoms with Crippen LogP contribution in [0.5, 0.6) is 11.5 Å². The first kappa shape index (κ1) is 25.0. The SMILES string of the molecule is COc1cc(NC(=O)N(CC(=O)N2c3ccccc3-n3cccc3C2c2ccco2)C(C)C)cc(OC)c1. The Morgan fingerprint density at radius 3 is 2.32 bits per heavy atom. The molecule has 5 rings (SSSR count). The Morgan fingerprint density at radius 2 is 1.68 bits per heavy atom. The molecule has 4 aromatic rings. The van der Waals surface area contributed by atoms with Crippen molar-refractivity contribution in [1.82, 2.24) is 9.47 Å². The van der Waals surface area contributed by atoms with Crippen molar-refractivity contribution < 1.29 is 23.5 Å². The van der Waals surface area contributed by atoms with E-state index in [2.05, 4.69) is 9.88 Å². The molecule has 9 nitrogen and oxygen atoms in total. The summed E-state index contributed by atoms with van der Waals surface area (Å²) in [6.45, 7) is 3.60. The predicted molar refractivity (Wildman–Crippen MR) is 144 cm³/mol. The van der Waals surface area contributed by atoms with E-state index in [1.165, 1.54) is 4.90 Å². The van der Waals surface area contributed by atoms with Crippen LogP contribution in [-0.4, -0.2) is 48.2 Å². The fourth-order valence-electron chi connectivity index (χ4n) is 4.76. The van der Waals surface area contributed by atoms with Crippen LogP contribution in [0.1, 0.15) is 31.3 Å². The number of nitrogens with zero attached hydrogens (tertiary/aromatic N) is 3. The molecule has 0 bridgehead atoms. The lowest BCUT2D eigenvalue weighted by atomic mass is 10.0. The second-order valence-electron chi connectivity index (χ2n) is 9.23. The number of carbonyl (C=O) groups is 2. The van der Waals surface area contributed by atoms with E-state index >= 15 is 0 Å². The van der Waals surface area contributed by atoms with Crippen molar-refractivity contribution in [2.24, 2.45) is 0 Å². The summed E-state index contributed by atoms with van der Waals surface area (Å²) in [7, 11) is 3.09. The highest BCUT2D eigenvalue weighted by Gasteiger charge is 2.38. The number of anilines is 2. The third kappa shape index (κ3) is 4.58. The van der Waals surface area contributed by atoms with Gasteiger partial charge >= 0.3 is 6.03 Å². The molecule has 9 heteroatoms. The van der Waals surface area contributed by atoms with Crippen LogP contribution in [0.15, 0.2) is 83.6 Å². The summed E-state index contributed by atoms with van der Waals surface area (Å²) in [4.78, 5) is 30.7. The fraction of sp³-hybridized carbons (Fsp3) is 0.241. The average Bonchev–Trinajstić information content (AvgIpc) is 3.63. The summed E-state index contributed by atoms with van der Waals surface area (Å²) in [5.41, 5.74) is 3.02. The molecule has 0 fully saturated rings. The average molecular weight is 515 g/mol. The van der Waals surface area contributed by atoms with Crippen molar-refractivity contribution in [1.29, 1.82) is 0 Å². The third-order valence-corrected chi connectivity index (χ3v) is 6.59. The van der Waals surface area contributed by atoms with E-state index < -0.39 is 12.1 Å². The Hall–Kier alpha value is -4.66. The van der Waals surface area contributed by atoms with Crippen LogP contribution in [0.4, 0.5) is 16.2 Å². The van der Waals surface area contributed by atoms with Gasteiger partial charge in [0.15, 0.2) is 0 Å². The van der Waals surface area contributed by atoms with Crippen molar-refractivity contribution in [3.8, 4) is 17.2 Å². The highest BCUT2D eigenvalue weighted by Crippen LogP contribution is 2.42. The number of para-hydroxylation sites is 2. The van der Waals surface area contributed by atoms with Gasteiger partial charge in [-0.15, -0.1) is 0 Å². The number of benzene rings is 2. The van der Waals surface area contributed by atoms with Gasteiger partial charge in [-0.2, -0.15) is 0 Å². The highest BCUT2D eigenvalue weighted by molar-refractivity contribution is 6.01. The number of rotatable bonds is 7. The van der Waals surface area contributed by atoms with E-state index in [0.717, 1.165) is 17.1 Å². The number of hydrogen-bond donors (Lipinski definition) is 1. The Labute approximate surface area is 221 Å². The zero-order valence-electron chi connectivity index (χ0n) is 21.8. The molecule has 0 saturated heterocycles. The van der Waals surface area contributed by atoms with E-state index in [4.69, 9.17) is 13.9 Å². The van der Waals surface area contributed by atoms with E-state index in [1.807, 2.05) is 68.6 Å². The Kier molecular flexibility index (Phi) is 6.83. The summed E-state index contributed by atoms with van der Waals surface area (Å²) in [5.74, 6) is 1.48. The predicted octanol–water partition coefficient (Wildman–Crippen LogP) is 5.47. The number of amides is 3. The molecule has 1 aliphatic heterocycles. The van der Waals surface area contributed by atoms with Crippen LogP contribution in [-0.2, 0) is 4.79 Å². The number of ether oxygens (including phenoxy) is 2. The monoisotopic (exact) mass is 514 g/mol. The van der Waals surface area contributed by atoms with Gasteiger partial charge in [0.2, 0.25) is 5.91 Å². The van der Waals surface area contributed by atoms with Crippen LogP contribution in [0.2, 0.25) is 0 Å². The molecule has 3 amide bonds. The fourth-order valence-corrected chi connectivity index (χ4v) is 4.76. The van der Waals surface area contributed by atoms with Crippen LogP contribution in [0.3, 0.4) is 0 Å². The van der Waals surface area contributed by atoms with Crippen molar-refractivity contribution >= 4 is 23.3 Å². The topological polar surface area (TPSA) is 89.2 Å². The Morgan fingerprint density at radius 1 is 0.974 bits per heavy atom.